The molecule has 11 heteroatoms. The highest BCUT2D eigenvalue weighted by atomic mass is 16.5. The number of hydrogen-bond acceptors (Lipinski definition) is 7. The first-order valence-corrected chi connectivity index (χ1v) is 13.5. The van der Waals surface area contributed by atoms with E-state index in [1.165, 1.54) is 11.2 Å². The highest BCUT2D eigenvalue weighted by molar-refractivity contribution is 5.91. The fraction of sp³-hybridized carbons (Fsp3) is 0.429. The number of carbonyl (C=O) groups is 1. The summed E-state index contributed by atoms with van der Waals surface area (Å²) < 4.78 is 9.51. The van der Waals surface area contributed by atoms with Crippen LogP contribution in [0.4, 0.5) is 16.3 Å². The van der Waals surface area contributed by atoms with Crippen LogP contribution >= 0.6 is 0 Å². The number of nitrogen functional groups attached to an aromatic ring is 1. The summed E-state index contributed by atoms with van der Waals surface area (Å²) >= 11 is 0. The first-order chi connectivity index (χ1) is 18.8. The second-order valence-corrected chi connectivity index (χ2v) is 10.6. The first kappa shape index (κ1) is 25.2. The highest BCUT2D eigenvalue weighted by Crippen LogP contribution is 2.38. The van der Waals surface area contributed by atoms with Gasteiger partial charge in [0.25, 0.3) is 0 Å². The second kappa shape index (κ2) is 9.88. The van der Waals surface area contributed by atoms with Gasteiger partial charge in [-0.2, -0.15) is 10.2 Å². The molecule has 1 aromatic carbocycles. The number of benzene rings is 1. The molecule has 11 nitrogen and oxygen atoms in total. The van der Waals surface area contributed by atoms with Crippen molar-refractivity contribution in [3.8, 4) is 22.5 Å². The number of rotatable bonds is 4. The first-order valence-electron chi connectivity index (χ1n) is 13.5. The fourth-order valence-electron chi connectivity index (χ4n) is 6.22. The van der Waals surface area contributed by atoms with Crippen molar-refractivity contribution >= 4 is 23.1 Å². The number of nitrogens with two attached hydrogens (primary N) is 1. The number of ether oxygens (including phenoxy) is 1. The van der Waals surface area contributed by atoms with Crippen LogP contribution in [0.3, 0.4) is 0 Å². The van der Waals surface area contributed by atoms with Crippen molar-refractivity contribution in [2.75, 3.05) is 30.4 Å². The molecule has 2 saturated heterocycles. The number of carboxylic acid groups (broad SMARTS) is 1. The summed E-state index contributed by atoms with van der Waals surface area (Å²) in [5.74, 6) is 0.406. The zero-order valence-electron chi connectivity index (χ0n) is 22.4. The number of fused-ring (bicyclic) bond motifs is 1. The number of hydrogen-bond donors (Lipinski definition) is 2. The van der Waals surface area contributed by atoms with Gasteiger partial charge in [0.05, 0.1) is 23.5 Å². The van der Waals surface area contributed by atoms with Crippen molar-refractivity contribution in [3.63, 3.8) is 0 Å². The average molecular weight is 531 g/mol. The number of aromatic nitrogens is 5. The Hall–Kier alpha value is -4.12. The maximum absolute atomic E-state index is 11.8. The molecule has 3 aromatic heterocycles. The summed E-state index contributed by atoms with van der Waals surface area (Å²) in [5.41, 5.74) is 12.0. The minimum atomic E-state index is -0.876. The molecule has 2 aliphatic rings. The number of piperazine rings is 1. The average Bonchev–Trinajstić information content (AvgIpc) is 3.57. The van der Waals surface area contributed by atoms with Crippen LogP contribution in [-0.4, -0.2) is 78.4 Å². The van der Waals surface area contributed by atoms with Gasteiger partial charge in [-0.3, -0.25) is 4.68 Å². The summed E-state index contributed by atoms with van der Waals surface area (Å²) in [4.78, 5) is 19.9. The van der Waals surface area contributed by atoms with E-state index < -0.39 is 6.09 Å². The van der Waals surface area contributed by atoms with Crippen LogP contribution in [0, 0.1) is 0 Å². The Kier molecular flexibility index (Phi) is 6.38. The Balaban J connectivity index is 1.43. The summed E-state index contributed by atoms with van der Waals surface area (Å²) in [6, 6.07) is 12.6. The molecular formula is C28H34N8O3. The Morgan fingerprint density at radius 2 is 1.85 bits per heavy atom. The van der Waals surface area contributed by atoms with Crippen LogP contribution in [-0.2, 0) is 4.74 Å². The molecule has 6 rings (SSSR count). The predicted molar refractivity (Wildman–Crippen MR) is 149 cm³/mol. The molecule has 0 radical (unpaired) electrons. The molecule has 2 aliphatic heterocycles. The van der Waals surface area contributed by atoms with Gasteiger partial charge in [0.1, 0.15) is 11.8 Å². The normalized spacial score (nSPS) is 22.5. The van der Waals surface area contributed by atoms with Crippen LogP contribution in [0.1, 0.15) is 39.7 Å². The predicted octanol–water partition coefficient (Wildman–Crippen LogP) is 4.16. The second-order valence-electron chi connectivity index (χ2n) is 10.6. The lowest BCUT2D eigenvalue weighted by molar-refractivity contribution is 0.0667. The summed E-state index contributed by atoms with van der Waals surface area (Å²) in [6.45, 7) is 8.01. The molecule has 1 amide bonds. The maximum atomic E-state index is 11.8. The van der Waals surface area contributed by atoms with Gasteiger partial charge in [-0.25, -0.2) is 14.3 Å². The lowest BCUT2D eigenvalue weighted by Gasteiger charge is -2.49. The van der Waals surface area contributed by atoms with Gasteiger partial charge in [0, 0.05) is 54.9 Å². The van der Waals surface area contributed by atoms with Crippen LogP contribution in [0.25, 0.3) is 28.0 Å². The molecule has 0 spiro atoms. The van der Waals surface area contributed by atoms with Gasteiger partial charge < -0.3 is 25.4 Å². The fourth-order valence-corrected chi connectivity index (χ4v) is 6.22. The third kappa shape index (κ3) is 4.26. The van der Waals surface area contributed by atoms with Crippen LogP contribution in [0.2, 0.25) is 0 Å². The van der Waals surface area contributed by atoms with E-state index in [1.807, 2.05) is 29.8 Å². The zero-order valence-corrected chi connectivity index (χ0v) is 22.4. The molecule has 2 fully saturated rings. The lowest BCUT2D eigenvalue weighted by atomic mass is 9.99. The van der Waals surface area contributed by atoms with E-state index in [2.05, 4.69) is 62.9 Å². The van der Waals surface area contributed by atoms with E-state index in [0.717, 1.165) is 59.8 Å². The Labute approximate surface area is 226 Å². The molecule has 4 aromatic rings. The molecule has 0 aliphatic carbocycles. The minimum absolute atomic E-state index is 0.00603. The Morgan fingerprint density at radius 1 is 1.05 bits per heavy atom. The van der Waals surface area contributed by atoms with Crippen LogP contribution < -0.4 is 10.6 Å². The van der Waals surface area contributed by atoms with Crippen molar-refractivity contribution in [3.05, 3.63) is 48.9 Å². The van der Waals surface area contributed by atoms with Crippen molar-refractivity contribution in [2.24, 2.45) is 0 Å². The molecule has 3 N–H and O–H groups in total. The molecule has 39 heavy (non-hydrogen) atoms. The third-order valence-corrected chi connectivity index (χ3v) is 8.32. The molecule has 3 atom stereocenters. The molecule has 5 heterocycles. The van der Waals surface area contributed by atoms with Crippen molar-refractivity contribution < 1.29 is 14.6 Å². The van der Waals surface area contributed by atoms with Crippen LogP contribution in [0.15, 0.2) is 48.9 Å². The number of amides is 1. The highest BCUT2D eigenvalue weighted by Gasteiger charge is 2.37. The molecule has 3 unspecified atom stereocenters. The molecule has 0 bridgehead atoms. The van der Waals surface area contributed by atoms with Gasteiger partial charge in [-0.15, -0.1) is 0 Å². The topological polar surface area (TPSA) is 127 Å². The van der Waals surface area contributed by atoms with Gasteiger partial charge in [-0.05, 0) is 57.9 Å². The van der Waals surface area contributed by atoms with Gasteiger partial charge >= 0.3 is 6.09 Å². The lowest BCUT2D eigenvalue weighted by Crippen LogP contribution is -2.62. The van der Waals surface area contributed by atoms with E-state index in [9.17, 15) is 9.90 Å². The van der Waals surface area contributed by atoms with E-state index in [4.69, 9.17) is 10.5 Å². The number of anilines is 2. The third-order valence-electron chi connectivity index (χ3n) is 8.32. The zero-order chi connectivity index (χ0) is 27.3. The minimum Gasteiger partial charge on any atom is -0.465 e. The van der Waals surface area contributed by atoms with Crippen molar-refractivity contribution in [1.29, 1.82) is 0 Å². The summed E-state index contributed by atoms with van der Waals surface area (Å²) in [6.07, 6.45) is 4.25. The van der Waals surface area contributed by atoms with E-state index in [0.29, 0.717) is 12.4 Å². The molecular weight excluding hydrogens is 496 g/mol. The smallest absolute Gasteiger partial charge is 0.407 e. The standard InChI is InChI=1S/C28H34N8O3/c1-17-15-33(28(37)38)18(2)19(3)34(17)22-6-4-5-20(13-22)25-14-23(26-27(29)30-16-32-36(25)26)24-7-10-31-35(24)21-8-11-39-12-9-21/h4-7,10,13-14,16-19,21H,8-9,11-12,15H2,1-3H3,(H,37,38)(H2,29,30,32). The van der Waals surface area contributed by atoms with E-state index in [-0.39, 0.29) is 24.2 Å². The van der Waals surface area contributed by atoms with Crippen LogP contribution in [0.5, 0.6) is 0 Å². The monoisotopic (exact) mass is 530 g/mol. The Bertz CT molecular complexity index is 1510. The molecule has 0 saturated carbocycles. The van der Waals surface area contributed by atoms with Gasteiger partial charge in [-0.1, -0.05) is 12.1 Å². The summed E-state index contributed by atoms with van der Waals surface area (Å²) in [7, 11) is 0. The molecule has 204 valence electrons. The largest absolute Gasteiger partial charge is 0.465 e. The van der Waals surface area contributed by atoms with Crippen molar-refractivity contribution in [1.82, 2.24) is 29.3 Å². The van der Waals surface area contributed by atoms with Crippen molar-refractivity contribution in [2.45, 2.75) is 57.8 Å². The quantitative estimate of drug-likeness (QED) is 0.403. The number of nitrogens with zero attached hydrogens (tertiary/aromatic N) is 7. The van der Waals surface area contributed by atoms with Gasteiger partial charge in [0.15, 0.2) is 5.82 Å². The summed E-state index contributed by atoms with van der Waals surface area (Å²) in [5, 5.41) is 18.9. The van der Waals surface area contributed by atoms with E-state index in [1.54, 1.807) is 0 Å². The Morgan fingerprint density at radius 3 is 2.62 bits per heavy atom. The van der Waals surface area contributed by atoms with Gasteiger partial charge in [0.2, 0.25) is 0 Å². The SMILES string of the molecule is CC1C(C)N(c2cccc(-c3cc(-c4ccnn4C4CCOCC4)c4c(N)ncnn34)c2)C(C)CN1C(=O)O. The van der Waals surface area contributed by atoms with E-state index >= 15 is 0 Å². The maximum Gasteiger partial charge on any atom is 0.407 e.